The lowest BCUT2D eigenvalue weighted by molar-refractivity contribution is 0.219. The molecule has 0 spiro atoms. The summed E-state index contributed by atoms with van der Waals surface area (Å²) in [6.45, 7) is 1.54. The maximum atomic E-state index is 5.76. The summed E-state index contributed by atoms with van der Waals surface area (Å²) in [6.07, 6.45) is 3.73. The summed E-state index contributed by atoms with van der Waals surface area (Å²) in [4.78, 5) is 2.33. The van der Waals surface area contributed by atoms with Gasteiger partial charge in [-0.2, -0.15) is 0 Å². The molecule has 1 aliphatic rings. The predicted molar refractivity (Wildman–Crippen MR) is 93.9 cm³/mol. The fourth-order valence-electron chi connectivity index (χ4n) is 3.46. The minimum atomic E-state index is 0.221. The van der Waals surface area contributed by atoms with Crippen molar-refractivity contribution >= 4 is 0 Å². The molecule has 3 aromatic rings. The second-order valence-corrected chi connectivity index (χ2v) is 6.21. The van der Waals surface area contributed by atoms with E-state index < -0.39 is 0 Å². The van der Waals surface area contributed by atoms with Gasteiger partial charge in [0.1, 0.15) is 11.5 Å². The number of nitrogens with zero attached hydrogens (tertiary/aromatic N) is 3. The number of hydrogen-bond acceptors (Lipinski definition) is 7. The Labute approximate surface area is 151 Å². The van der Waals surface area contributed by atoms with Crippen molar-refractivity contribution in [1.82, 2.24) is 15.1 Å². The molecular formula is C19H21N3O4. The standard InChI is InChI=1S/C19H21N3O4/c1-23-13-7-8-16(24-2)14(11-13)15-5-3-9-22(15)12-18-20-21-19(26-18)17-6-4-10-25-17/h4,6-8,10-11,15H,3,5,9,12H2,1-2H3. The highest BCUT2D eigenvalue weighted by molar-refractivity contribution is 5.43. The summed E-state index contributed by atoms with van der Waals surface area (Å²) in [5, 5.41) is 8.24. The van der Waals surface area contributed by atoms with Gasteiger partial charge in [-0.25, -0.2) is 0 Å². The van der Waals surface area contributed by atoms with Gasteiger partial charge in [0.2, 0.25) is 5.89 Å². The molecule has 3 heterocycles. The van der Waals surface area contributed by atoms with E-state index >= 15 is 0 Å². The van der Waals surface area contributed by atoms with Crippen molar-refractivity contribution in [3.05, 3.63) is 48.0 Å². The molecule has 0 radical (unpaired) electrons. The van der Waals surface area contributed by atoms with E-state index in [1.165, 1.54) is 0 Å². The number of ether oxygens (including phenoxy) is 2. The summed E-state index contributed by atoms with van der Waals surface area (Å²) in [6, 6.07) is 9.73. The summed E-state index contributed by atoms with van der Waals surface area (Å²) < 4.78 is 22.0. The molecule has 0 aliphatic carbocycles. The third-order valence-corrected chi connectivity index (χ3v) is 4.70. The number of aromatic nitrogens is 2. The van der Waals surface area contributed by atoms with E-state index in [2.05, 4.69) is 15.1 Å². The number of benzene rings is 1. The lowest BCUT2D eigenvalue weighted by atomic mass is 10.0. The number of rotatable bonds is 6. The van der Waals surface area contributed by atoms with Crippen LogP contribution in [0.1, 0.15) is 30.3 Å². The van der Waals surface area contributed by atoms with Crippen LogP contribution in [0.2, 0.25) is 0 Å². The molecule has 2 aromatic heterocycles. The van der Waals surface area contributed by atoms with E-state index in [9.17, 15) is 0 Å². The number of furan rings is 1. The maximum absolute atomic E-state index is 5.76. The zero-order valence-corrected chi connectivity index (χ0v) is 14.8. The van der Waals surface area contributed by atoms with Crippen LogP contribution in [0.4, 0.5) is 0 Å². The Morgan fingerprint density at radius 1 is 1.19 bits per heavy atom. The highest BCUT2D eigenvalue weighted by atomic mass is 16.5. The monoisotopic (exact) mass is 355 g/mol. The Bertz CT molecular complexity index is 860. The van der Waals surface area contributed by atoms with Gasteiger partial charge in [-0.05, 0) is 49.7 Å². The molecule has 26 heavy (non-hydrogen) atoms. The number of likely N-dealkylation sites (tertiary alicyclic amines) is 1. The van der Waals surface area contributed by atoms with Crippen molar-refractivity contribution in [2.45, 2.75) is 25.4 Å². The van der Waals surface area contributed by atoms with Crippen LogP contribution in [0.5, 0.6) is 11.5 Å². The second-order valence-electron chi connectivity index (χ2n) is 6.21. The molecular weight excluding hydrogens is 334 g/mol. The molecule has 1 fully saturated rings. The van der Waals surface area contributed by atoms with Crippen LogP contribution in [-0.4, -0.2) is 35.9 Å². The maximum Gasteiger partial charge on any atom is 0.283 e. The van der Waals surface area contributed by atoms with Crippen LogP contribution in [0, 0.1) is 0 Å². The molecule has 1 saturated heterocycles. The third-order valence-electron chi connectivity index (χ3n) is 4.70. The second kappa shape index (κ2) is 7.21. The lowest BCUT2D eigenvalue weighted by Crippen LogP contribution is -2.23. The number of hydrogen-bond donors (Lipinski definition) is 0. The van der Waals surface area contributed by atoms with Crippen LogP contribution >= 0.6 is 0 Å². The molecule has 1 aliphatic heterocycles. The summed E-state index contributed by atoms with van der Waals surface area (Å²) >= 11 is 0. The Morgan fingerprint density at radius 2 is 2.12 bits per heavy atom. The zero-order chi connectivity index (χ0) is 17.9. The molecule has 136 valence electrons. The van der Waals surface area contributed by atoms with Crippen LogP contribution < -0.4 is 9.47 Å². The first-order valence-corrected chi connectivity index (χ1v) is 8.60. The van der Waals surface area contributed by atoms with Gasteiger partial charge < -0.3 is 18.3 Å². The Morgan fingerprint density at radius 3 is 2.88 bits per heavy atom. The smallest absolute Gasteiger partial charge is 0.283 e. The van der Waals surface area contributed by atoms with Gasteiger partial charge in [0, 0.05) is 11.6 Å². The van der Waals surface area contributed by atoms with E-state index in [0.29, 0.717) is 24.1 Å². The van der Waals surface area contributed by atoms with E-state index in [0.717, 1.165) is 36.4 Å². The lowest BCUT2D eigenvalue weighted by Gasteiger charge is -2.25. The molecule has 4 rings (SSSR count). The van der Waals surface area contributed by atoms with Crippen molar-refractivity contribution in [1.29, 1.82) is 0 Å². The summed E-state index contributed by atoms with van der Waals surface area (Å²) in [5.41, 5.74) is 1.12. The molecule has 7 heteroatoms. The van der Waals surface area contributed by atoms with Crippen LogP contribution in [0.25, 0.3) is 11.7 Å². The van der Waals surface area contributed by atoms with Crippen molar-refractivity contribution < 1.29 is 18.3 Å². The van der Waals surface area contributed by atoms with Crippen molar-refractivity contribution in [2.24, 2.45) is 0 Å². The van der Waals surface area contributed by atoms with Gasteiger partial charge in [0.15, 0.2) is 5.76 Å². The van der Waals surface area contributed by atoms with Gasteiger partial charge in [-0.3, -0.25) is 4.90 Å². The molecule has 1 aromatic carbocycles. The average Bonchev–Trinajstić information content (AvgIpc) is 3.42. The van der Waals surface area contributed by atoms with Crippen LogP contribution in [0.15, 0.2) is 45.4 Å². The minimum Gasteiger partial charge on any atom is -0.497 e. The first kappa shape index (κ1) is 16.7. The van der Waals surface area contributed by atoms with Gasteiger partial charge in [0.25, 0.3) is 5.89 Å². The largest absolute Gasteiger partial charge is 0.497 e. The van der Waals surface area contributed by atoms with Crippen molar-refractivity contribution in [3.8, 4) is 23.1 Å². The normalized spacial score (nSPS) is 17.5. The summed E-state index contributed by atoms with van der Waals surface area (Å²) in [7, 11) is 3.37. The van der Waals surface area contributed by atoms with Crippen LogP contribution in [-0.2, 0) is 6.54 Å². The van der Waals surface area contributed by atoms with Crippen molar-refractivity contribution in [3.63, 3.8) is 0 Å². The van der Waals surface area contributed by atoms with E-state index in [1.54, 1.807) is 32.6 Å². The van der Waals surface area contributed by atoms with Gasteiger partial charge in [-0.1, -0.05) is 0 Å². The van der Waals surface area contributed by atoms with Crippen molar-refractivity contribution in [2.75, 3.05) is 20.8 Å². The Hall–Kier alpha value is -2.80. The molecule has 1 unspecified atom stereocenters. The third kappa shape index (κ3) is 3.17. The van der Waals surface area contributed by atoms with E-state index in [1.807, 2.05) is 18.2 Å². The zero-order valence-electron chi connectivity index (χ0n) is 14.8. The quantitative estimate of drug-likeness (QED) is 0.667. The van der Waals surface area contributed by atoms with E-state index in [4.69, 9.17) is 18.3 Å². The first-order chi connectivity index (χ1) is 12.8. The fraction of sp³-hybridized carbons (Fsp3) is 0.368. The molecule has 1 atom stereocenters. The molecule has 0 N–H and O–H groups in total. The topological polar surface area (TPSA) is 73.8 Å². The van der Waals surface area contributed by atoms with E-state index in [-0.39, 0.29) is 6.04 Å². The molecule has 0 amide bonds. The molecule has 0 saturated carbocycles. The average molecular weight is 355 g/mol. The highest BCUT2D eigenvalue weighted by Gasteiger charge is 2.30. The van der Waals surface area contributed by atoms with Gasteiger partial charge in [-0.15, -0.1) is 10.2 Å². The molecule has 7 nitrogen and oxygen atoms in total. The number of methoxy groups -OCH3 is 2. The molecule has 0 bridgehead atoms. The Balaban J connectivity index is 1.56. The Kier molecular flexibility index (Phi) is 4.62. The first-order valence-electron chi connectivity index (χ1n) is 8.60. The predicted octanol–water partition coefficient (Wildman–Crippen LogP) is 3.68. The highest BCUT2D eigenvalue weighted by Crippen LogP contribution is 2.39. The summed E-state index contributed by atoms with van der Waals surface area (Å²) in [5.74, 6) is 3.25. The minimum absolute atomic E-state index is 0.221. The van der Waals surface area contributed by atoms with Gasteiger partial charge >= 0.3 is 0 Å². The fourth-order valence-corrected chi connectivity index (χ4v) is 3.46. The SMILES string of the molecule is COc1ccc(OC)c(C2CCCN2Cc2nnc(-c3ccco3)o2)c1. The van der Waals surface area contributed by atoms with Crippen LogP contribution in [0.3, 0.4) is 0 Å². The van der Waals surface area contributed by atoms with Gasteiger partial charge in [0.05, 0.1) is 27.0 Å².